The first kappa shape index (κ1) is 13.2. The minimum Gasteiger partial charge on any atom is -0.355 e. The van der Waals surface area contributed by atoms with Gasteiger partial charge >= 0.3 is 0 Å². The van der Waals surface area contributed by atoms with Crippen LogP contribution in [0, 0.1) is 0 Å². The van der Waals surface area contributed by atoms with E-state index in [4.69, 9.17) is 0 Å². The van der Waals surface area contributed by atoms with E-state index in [1.165, 1.54) is 4.88 Å². The second kappa shape index (κ2) is 7.41. The number of carbonyl (C=O) groups excluding carboxylic acids is 1. The quantitative estimate of drug-likeness (QED) is 0.717. The summed E-state index contributed by atoms with van der Waals surface area (Å²) in [7, 11) is 0. The Morgan fingerprint density at radius 2 is 2.38 bits per heavy atom. The molecular weight excluding hydrogens is 220 g/mol. The summed E-state index contributed by atoms with van der Waals surface area (Å²) in [5.74, 6) is 0.0880. The van der Waals surface area contributed by atoms with Gasteiger partial charge in [0, 0.05) is 18.0 Å². The van der Waals surface area contributed by atoms with E-state index < -0.39 is 0 Å². The normalized spacial score (nSPS) is 12.4. The number of hydrogen-bond acceptors (Lipinski definition) is 3. The molecule has 0 saturated carbocycles. The van der Waals surface area contributed by atoms with Crippen LogP contribution >= 0.6 is 11.3 Å². The molecule has 0 spiro atoms. The highest BCUT2D eigenvalue weighted by Crippen LogP contribution is 2.07. The van der Waals surface area contributed by atoms with Crippen molar-refractivity contribution >= 4 is 17.2 Å². The summed E-state index contributed by atoms with van der Waals surface area (Å²) in [6.07, 6.45) is 2.15. The smallest absolute Gasteiger partial charge is 0.236 e. The van der Waals surface area contributed by atoms with Gasteiger partial charge in [0.2, 0.25) is 5.91 Å². The van der Waals surface area contributed by atoms with Crippen LogP contribution in [0.25, 0.3) is 0 Å². The summed E-state index contributed by atoms with van der Waals surface area (Å²) in [4.78, 5) is 12.9. The van der Waals surface area contributed by atoms with Gasteiger partial charge in [0.05, 0.1) is 6.04 Å². The molecule has 2 N–H and O–H groups in total. The van der Waals surface area contributed by atoms with Gasteiger partial charge in [0.15, 0.2) is 0 Å². The largest absolute Gasteiger partial charge is 0.355 e. The van der Waals surface area contributed by atoms with E-state index in [1.807, 2.05) is 18.4 Å². The molecule has 0 fully saturated rings. The van der Waals surface area contributed by atoms with Gasteiger partial charge < -0.3 is 10.6 Å². The molecule has 3 nitrogen and oxygen atoms in total. The predicted molar refractivity (Wildman–Crippen MR) is 68.5 cm³/mol. The Labute approximate surface area is 101 Å². The second-order valence-electron chi connectivity index (χ2n) is 3.83. The van der Waals surface area contributed by atoms with Gasteiger partial charge in [-0.25, -0.2) is 0 Å². The van der Waals surface area contributed by atoms with Crippen molar-refractivity contribution in [1.29, 1.82) is 0 Å². The number of hydrogen-bond donors (Lipinski definition) is 2. The summed E-state index contributed by atoms with van der Waals surface area (Å²) in [6.45, 7) is 5.56. The number of nitrogens with one attached hydrogen (secondary N) is 2. The lowest BCUT2D eigenvalue weighted by Crippen LogP contribution is -2.42. The molecule has 16 heavy (non-hydrogen) atoms. The molecule has 1 aromatic rings. The van der Waals surface area contributed by atoms with E-state index in [1.54, 1.807) is 11.3 Å². The van der Waals surface area contributed by atoms with E-state index in [2.05, 4.69) is 23.6 Å². The monoisotopic (exact) mass is 240 g/mol. The molecule has 90 valence electrons. The van der Waals surface area contributed by atoms with Gasteiger partial charge in [-0.15, -0.1) is 11.3 Å². The molecule has 0 radical (unpaired) electrons. The van der Waals surface area contributed by atoms with E-state index in [-0.39, 0.29) is 11.9 Å². The first-order valence-electron chi connectivity index (χ1n) is 5.77. The first-order valence-corrected chi connectivity index (χ1v) is 6.65. The third-order valence-corrected chi connectivity index (χ3v) is 3.26. The van der Waals surface area contributed by atoms with Gasteiger partial charge in [0.1, 0.15) is 0 Å². The molecule has 0 aromatic carbocycles. The Morgan fingerprint density at radius 3 is 3.00 bits per heavy atom. The average molecular weight is 240 g/mol. The fourth-order valence-corrected chi connectivity index (χ4v) is 1.96. The zero-order valence-corrected chi connectivity index (χ0v) is 10.8. The SMILES string of the molecule is CCCCNC(=O)C(C)NCc1cccs1. The molecule has 0 aliphatic heterocycles. The minimum absolute atomic E-state index is 0.0880. The van der Waals surface area contributed by atoms with Crippen LogP contribution in [0.1, 0.15) is 31.6 Å². The molecule has 0 aliphatic rings. The van der Waals surface area contributed by atoms with Gasteiger partial charge in [0.25, 0.3) is 0 Å². The second-order valence-corrected chi connectivity index (χ2v) is 4.86. The van der Waals surface area contributed by atoms with Crippen LogP contribution in [-0.2, 0) is 11.3 Å². The summed E-state index contributed by atoms with van der Waals surface area (Å²) in [5.41, 5.74) is 0. The number of amides is 1. The molecular formula is C12H20N2OS. The van der Waals surface area contributed by atoms with Crippen LogP contribution < -0.4 is 10.6 Å². The van der Waals surface area contributed by atoms with Gasteiger partial charge in [-0.1, -0.05) is 19.4 Å². The highest BCUT2D eigenvalue weighted by molar-refractivity contribution is 7.09. The van der Waals surface area contributed by atoms with Crippen molar-refractivity contribution in [3.8, 4) is 0 Å². The van der Waals surface area contributed by atoms with E-state index in [9.17, 15) is 4.79 Å². The fraction of sp³-hybridized carbons (Fsp3) is 0.583. The number of carbonyl (C=O) groups is 1. The highest BCUT2D eigenvalue weighted by atomic mass is 32.1. The van der Waals surface area contributed by atoms with Crippen molar-refractivity contribution in [3.05, 3.63) is 22.4 Å². The maximum atomic E-state index is 11.6. The third kappa shape index (κ3) is 4.77. The maximum Gasteiger partial charge on any atom is 0.236 e. The van der Waals surface area contributed by atoms with Crippen LogP contribution in [-0.4, -0.2) is 18.5 Å². The van der Waals surface area contributed by atoms with Crippen molar-refractivity contribution in [3.63, 3.8) is 0 Å². The lowest BCUT2D eigenvalue weighted by atomic mass is 10.3. The Bertz CT molecular complexity index is 298. The minimum atomic E-state index is -0.126. The fourth-order valence-electron chi connectivity index (χ4n) is 1.30. The number of rotatable bonds is 7. The van der Waals surface area contributed by atoms with E-state index in [0.29, 0.717) is 0 Å². The Morgan fingerprint density at radius 1 is 1.56 bits per heavy atom. The van der Waals surface area contributed by atoms with Crippen LogP contribution in [0.2, 0.25) is 0 Å². The van der Waals surface area contributed by atoms with Crippen LogP contribution in [0.3, 0.4) is 0 Å². The van der Waals surface area contributed by atoms with Gasteiger partial charge in [-0.05, 0) is 24.8 Å². The molecule has 4 heteroatoms. The maximum absolute atomic E-state index is 11.6. The number of thiophene rings is 1. The Hall–Kier alpha value is -0.870. The van der Waals surface area contributed by atoms with Crippen LogP contribution in [0.4, 0.5) is 0 Å². The first-order chi connectivity index (χ1) is 7.74. The average Bonchev–Trinajstić information content (AvgIpc) is 2.79. The van der Waals surface area contributed by atoms with Crippen molar-refractivity contribution in [1.82, 2.24) is 10.6 Å². The lowest BCUT2D eigenvalue weighted by Gasteiger charge is -2.13. The molecule has 0 aliphatic carbocycles. The standard InChI is InChI=1S/C12H20N2OS/c1-3-4-7-13-12(15)10(2)14-9-11-6-5-8-16-11/h5-6,8,10,14H,3-4,7,9H2,1-2H3,(H,13,15). The molecule has 1 rings (SSSR count). The topological polar surface area (TPSA) is 41.1 Å². The van der Waals surface area contributed by atoms with E-state index in [0.717, 1.165) is 25.9 Å². The molecule has 1 atom stereocenters. The van der Waals surface area contributed by atoms with Crippen LogP contribution in [0.15, 0.2) is 17.5 Å². The summed E-state index contributed by atoms with van der Waals surface area (Å²) in [5, 5.41) is 8.17. The molecule has 0 saturated heterocycles. The summed E-state index contributed by atoms with van der Waals surface area (Å²) < 4.78 is 0. The zero-order valence-electron chi connectivity index (χ0n) is 9.95. The van der Waals surface area contributed by atoms with Crippen molar-refractivity contribution in [2.24, 2.45) is 0 Å². The third-order valence-electron chi connectivity index (χ3n) is 2.39. The summed E-state index contributed by atoms with van der Waals surface area (Å²) in [6, 6.07) is 3.96. The van der Waals surface area contributed by atoms with Gasteiger partial charge in [-0.2, -0.15) is 0 Å². The molecule has 1 aromatic heterocycles. The molecule has 0 bridgehead atoms. The molecule has 1 unspecified atom stereocenters. The van der Waals surface area contributed by atoms with Gasteiger partial charge in [-0.3, -0.25) is 4.79 Å². The highest BCUT2D eigenvalue weighted by Gasteiger charge is 2.10. The molecule has 1 amide bonds. The number of unbranched alkanes of at least 4 members (excludes halogenated alkanes) is 1. The summed E-state index contributed by atoms with van der Waals surface area (Å²) >= 11 is 1.70. The Kier molecular flexibility index (Phi) is 6.11. The van der Waals surface area contributed by atoms with E-state index >= 15 is 0 Å². The molecule has 1 heterocycles. The van der Waals surface area contributed by atoms with Crippen molar-refractivity contribution in [2.75, 3.05) is 6.54 Å². The van der Waals surface area contributed by atoms with Crippen LogP contribution in [0.5, 0.6) is 0 Å². The lowest BCUT2D eigenvalue weighted by molar-refractivity contribution is -0.122. The predicted octanol–water partition coefficient (Wildman–Crippen LogP) is 2.14. The van der Waals surface area contributed by atoms with Crippen molar-refractivity contribution in [2.45, 2.75) is 39.3 Å². The Balaban J connectivity index is 2.18. The zero-order chi connectivity index (χ0) is 11.8. The van der Waals surface area contributed by atoms with Crippen molar-refractivity contribution < 1.29 is 4.79 Å².